The second kappa shape index (κ2) is 7.03. The summed E-state index contributed by atoms with van der Waals surface area (Å²) in [5.74, 6) is -0.00395. The number of amidine groups is 1. The summed E-state index contributed by atoms with van der Waals surface area (Å²) in [6, 6.07) is 10.6. The van der Waals surface area contributed by atoms with E-state index in [0.29, 0.717) is 4.91 Å². The lowest BCUT2D eigenvalue weighted by atomic mass is 10.2. The molecule has 1 aliphatic rings. The molecule has 0 aliphatic carbocycles. The molecule has 1 aliphatic heterocycles. The smallest absolute Gasteiger partial charge is 0.266 e. The third kappa shape index (κ3) is 3.17. The zero-order valence-electron chi connectivity index (χ0n) is 16.1. The molecule has 2 heterocycles. The molecular formula is C20H24N4OS. The Hall–Kier alpha value is -2.47. The lowest BCUT2D eigenvalue weighted by Gasteiger charge is -2.14. The van der Waals surface area contributed by atoms with E-state index in [1.807, 2.05) is 20.2 Å². The topological polar surface area (TPSA) is 40.8 Å². The van der Waals surface area contributed by atoms with E-state index in [1.165, 1.54) is 17.4 Å². The number of thioether (sulfide) groups is 1. The SMILES string of the molecule is CN=C1SC(=Cc2cc(C)n(-c3ccc(N(C)C)cc3)c2C)C(=O)N1C. The molecule has 6 heteroatoms. The number of benzene rings is 1. The summed E-state index contributed by atoms with van der Waals surface area (Å²) in [6.45, 7) is 4.17. The van der Waals surface area contributed by atoms with Gasteiger partial charge in [0.05, 0.1) is 4.91 Å². The number of anilines is 1. The summed E-state index contributed by atoms with van der Waals surface area (Å²) >= 11 is 1.42. The standard InChI is InChI=1S/C20H24N4OS/c1-13-11-15(12-18-19(25)23(6)20(21-3)26-18)14(2)24(13)17-9-7-16(8-10-17)22(4)5/h7-12H,1-6H3. The molecular weight excluding hydrogens is 344 g/mol. The van der Waals surface area contributed by atoms with Crippen LogP contribution in [0.1, 0.15) is 17.0 Å². The van der Waals surface area contributed by atoms with Gasteiger partial charge in [0.15, 0.2) is 5.17 Å². The number of amides is 1. The van der Waals surface area contributed by atoms with Gasteiger partial charge in [-0.15, -0.1) is 0 Å². The van der Waals surface area contributed by atoms with E-state index in [9.17, 15) is 4.79 Å². The number of carbonyl (C=O) groups is 1. The fraction of sp³-hybridized carbons (Fsp3) is 0.300. The Morgan fingerprint density at radius 1 is 1.15 bits per heavy atom. The molecule has 1 amide bonds. The molecule has 26 heavy (non-hydrogen) atoms. The van der Waals surface area contributed by atoms with Crippen LogP contribution in [0.15, 0.2) is 40.2 Å². The lowest BCUT2D eigenvalue weighted by molar-refractivity contribution is -0.121. The first-order valence-electron chi connectivity index (χ1n) is 8.44. The summed E-state index contributed by atoms with van der Waals surface area (Å²) in [5.41, 5.74) is 5.60. The average molecular weight is 369 g/mol. The van der Waals surface area contributed by atoms with Gasteiger partial charge in [0, 0.05) is 51.0 Å². The van der Waals surface area contributed by atoms with Crippen molar-refractivity contribution in [3.05, 3.63) is 52.2 Å². The van der Waals surface area contributed by atoms with Crippen LogP contribution in [0, 0.1) is 13.8 Å². The van der Waals surface area contributed by atoms with Gasteiger partial charge in [0.2, 0.25) is 0 Å². The minimum absolute atomic E-state index is 0.00395. The van der Waals surface area contributed by atoms with E-state index < -0.39 is 0 Å². The summed E-state index contributed by atoms with van der Waals surface area (Å²) < 4.78 is 2.22. The van der Waals surface area contributed by atoms with Crippen molar-refractivity contribution in [3.8, 4) is 5.69 Å². The van der Waals surface area contributed by atoms with Gasteiger partial charge in [-0.25, -0.2) is 0 Å². The number of aryl methyl sites for hydroxylation is 1. The van der Waals surface area contributed by atoms with Crippen LogP contribution in [-0.2, 0) is 4.79 Å². The van der Waals surface area contributed by atoms with Gasteiger partial charge in [-0.1, -0.05) is 0 Å². The van der Waals surface area contributed by atoms with Crippen LogP contribution in [-0.4, -0.2) is 48.7 Å². The van der Waals surface area contributed by atoms with E-state index in [4.69, 9.17) is 0 Å². The quantitative estimate of drug-likeness (QED) is 0.776. The largest absolute Gasteiger partial charge is 0.378 e. The van der Waals surface area contributed by atoms with Crippen LogP contribution in [0.2, 0.25) is 0 Å². The summed E-state index contributed by atoms with van der Waals surface area (Å²) in [5, 5.41) is 0.731. The van der Waals surface area contributed by atoms with Crippen molar-refractivity contribution in [1.82, 2.24) is 9.47 Å². The fourth-order valence-corrected chi connectivity index (χ4v) is 4.04. The van der Waals surface area contributed by atoms with Gasteiger partial charge in [-0.3, -0.25) is 14.7 Å². The molecule has 1 aromatic carbocycles. The summed E-state index contributed by atoms with van der Waals surface area (Å²) in [4.78, 5) is 20.9. The summed E-state index contributed by atoms with van der Waals surface area (Å²) in [7, 11) is 7.53. The maximum Gasteiger partial charge on any atom is 0.266 e. The van der Waals surface area contributed by atoms with Gasteiger partial charge in [-0.2, -0.15) is 0 Å². The minimum Gasteiger partial charge on any atom is -0.378 e. The van der Waals surface area contributed by atoms with Crippen molar-refractivity contribution in [2.24, 2.45) is 4.99 Å². The van der Waals surface area contributed by atoms with Crippen LogP contribution in [0.4, 0.5) is 5.69 Å². The molecule has 0 saturated carbocycles. The molecule has 1 aromatic heterocycles. The maximum atomic E-state index is 12.4. The molecule has 0 spiro atoms. The first-order valence-corrected chi connectivity index (χ1v) is 9.26. The number of nitrogens with zero attached hydrogens (tertiary/aromatic N) is 4. The van der Waals surface area contributed by atoms with Crippen molar-refractivity contribution in [2.75, 3.05) is 33.1 Å². The molecule has 1 saturated heterocycles. The van der Waals surface area contributed by atoms with Crippen LogP contribution in [0.5, 0.6) is 0 Å². The number of rotatable bonds is 3. The Balaban J connectivity index is 1.99. The van der Waals surface area contributed by atoms with Crippen LogP contribution < -0.4 is 4.90 Å². The fourth-order valence-electron chi connectivity index (χ4n) is 3.12. The normalized spacial score (nSPS) is 17.6. The van der Waals surface area contributed by atoms with E-state index >= 15 is 0 Å². The second-order valence-corrected chi connectivity index (χ2v) is 7.56. The van der Waals surface area contributed by atoms with E-state index in [-0.39, 0.29) is 5.91 Å². The highest BCUT2D eigenvalue weighted by molar-refractivity contribution is 8.18. The lowest BCUT2D eigenvalue weighted by Crippen LogP contribution is -2.23. The first kappa shape index (κ1) is 18.3. The molecule has 2 aromatic rings. The van der Waals surface area contributed by atoms with Crippen molar-refractivity contribution in [3.63, 3.8) is 0 Å². The molecule has 136 valence electrons. The molecule has 1 fully saturated rings. The number of carbonyl (C=O) groups excluding carboxylic acids is 1. The molecule has 0 unspecified atom stereocenters. The second-order valence-electron chi connectivity index (χ2n) is 6.55. The Bertz CT molecular complexity index is 907. The van der Waals surface area contributed by atoms with Gasteiger partial charge in [0.25, 0.3) is 5.91 Å². The molecule has 3 rings (SSSR count). The number of aliphatic imine (C=N–C) groups is 1. The van der Waals surface area contributed by atoms with Crippen LogP contribution in [0.25, 0.3) is 11.8 Å². The maximum absolute atomic E-state index is 12.4. The Morgan fingerprint density at radius 3 is 2.35 bits per heavy atom. The van der Waals surface area contributed by atoms with Crippen molar-refractivity contribution < 1.29 is 4.79 Å². The van der Waals surface area contributed by atoms with Crippen molar-refractivity contribution >= 4 is 34.6 Å². The Morgan fingerprint density at radius 2 is 1.81 bits per heavy atom. The third-order valence-corrected chi connectivity index (χ3v) is 5.73. The van der Waals surface area contributed by atoms with Crippen LogP contribution >= 0.6 is 11.8 Å². The zero-order chi connectivity index (χ0) is 19.0. The molecule has 0 atom stereocenters. The highest BCUT2D eigenvalue weighted by atomic mass is 32.2. The number of likely N-dealkylation sites (N-methyl/N-ethyl adjacent to an activating group) is 1. The molecule has 0 N–H and O–H groups in total. The first-order chi connectivity index (χ1) is 12.3. The van der Waals surface area contributed by atoms with Gasteiger partial charge >= 0.3 is 0 Å². The van der Waals surface area contributed by atoms with E-state index in [1.54, 1.807) is 19.0 Å². The number of hydrogen-bond donors (Lipinski definition) is 0. The number of hydrogen-bond acceptors (Lipinski definition) is 4. The van der Waals surface area contributed by atoms with E-state index in [0.717, 1.165) is 27.8 Å². The summed E-state index contributed by atoms with van der Waals surface area (Å²) in [6.07, 6.45) is 1.97. The number of aromatic nitrogens is 1. The molecule has 0 radical (unpaired) electrons. The minimum atomic E-state index is -0.00395. The predicted molar refractivity (Wildman–Crippen MR) is 111 cm³/mol. The monoisotopic (exact) mass is 368 g/mol. The molecule has 5 nitrogen and oxygen atoms in total. The highest BCUT2D eigenvalue weighted by Gasteiger charge is 2.30. The highest BCUT2D eigenvalue weighted by Crippen LogP contribution is 2.33. The van der Waals surface area contributed by atoms with Crippen LogP contribution in [0.3, 0.4) is 0 Å². The third-order valence-electron chi connectivity index (χ3n) is 4.58. The average Bonchev–Trinajstić information content (AvgIpc) is 3.05. The van der Waals surface area contributed by atoms with Crippen molar-refractivity contribution in [2.45, 2.75) is 13.8 Å². The van der Waals surface area contributed by atoms with Gasteiger partial charge in [-0.05, 0) is 67.6 Å². The Labute approximate surface area is 159 Å². The zero-order valence-corrected chi connectivity index (χ0v) is 16.9. The van der Waals surface area contributed by atoms with Gasteiger partial charge in [0.1, 0.15) is 0 Å². The van der Waals surface area contributed by atoms with E-state index in [2.05, 4.69) is 58.6 Å². The van der Waals surface area contributed by atoms with Crippen molar-refractivity contribution in [1.29, 1.82) is 0 Å². The van der Waals surface area contributed by atoms with Gasteiger partial charge < -0.3 is 9.47 Å². The Kier molecular flexibility index (Phi) is 4.96. The molecule has 0 bridgehead atoms. The predicted octanol–water partition coefficient (Wildman–Crippen LogP) is 3.69.